The number of rotatable bonds is 4. The number of amides is 1. The van der Waals surface area contributed by atoms with Crippen LogP contribution in [0.3, 0.4) is 0 Å². The molecule has 0 unspecified atom stereocenters. The maximum absolute atomic E-state index is 13.2. The SMILES string of the molecule is CC1(C)C(c2ccc(C(=O)O)cc2)=CC[C@]2(C)CN(C(=O)c3ccccc3C=O)CC=C12. The Morgan fingerprint density at radius 1 is 1.00 bits per heavy atom. The van der Waals surface area contributed by atoms with E-state index in [1.54, 1.807) is 36.4 Å². The number of nitrogens with zero attached hydrogens (tertiary/aromatic N) is 1. The van der Waals surface area contributed by atoms with Crippen molar-refractivity contribution in [3.8, 4) is 0 Å². The van der Waals surface area contributed by atoms with Gasteiger partial charge in [0.25, 0.3) is 5.91 Å². The number of aldehydes is 1. The topological polar surface area (TPSA) is 74.7 Å². The van der Waals surface area contributed by atoms with Crippen LogP contribution in [0, 0.1) is 10.8 Å². The normalized spacial score (nSPS) is 21.8. The number of hydrogen-bond acceptors (Lipinski definition) is 3. The first kappa shape index (κ1) is 21.8. The largest absolute Gasteiger partial charge is 0.478 e. The third-order valence-corrected chi connectivity index (χ3v) is 6.86. The van der Waals surface area contributed by atoms with E-state index >= 15 is 0 Å². The highest BCUT2D eigenvalue weighted by Crippen LogP contribution is 2.55. The van der Waals surface area contributed by atoms with Gasteiger partial charge in [0.1, 0.15) is 0 Å². The lowest BCUT2D eigenvalue weighted by molar-refractivity contribution is 0.0677. The number of aromatic carboxylic acids is 1. The van der Waals surface area contributed by atoms with E-state index in [0.717, 1.165) is 18.3 Å². The Balaban J connectivity index is 1.64. The maximum Gasteiger partial charge on any atom is 0.335 e. The number of fused-ring (bicyclic) bond motifs is 1. The van der Waals surface area contributed by atoms with Crippen molar-refractivity contribution in [1.82, 2.24) is 4.90 Å². The molecule has 5 heteroatoms. The number of carboxylic acid groups (broad SMARTS) is 1. The third-order valence-electron chi connectivity index (χ3n) is 6.86. The summed E-state index contributed by atoms with van der Waals surface area (Å²) >= 11 is 0. The van der Waals surface area contributed by atoms with Gasteiger partial charge in [0.15, 0.2) is 6.29 Å². The van der Waals surface area contributed by atoms with Gasteiger partial charge in [0.2, 0.25) is 0 Å². The van der Waals surface area contributed by atoms with Crippen LogP contribution in [0.15, 0.2) is 66.3 Å². The summed E-state index contributed by atoms with van der Waals surface area (Å²) in [7, 11) is 0. The summed E-state index contributed by atoms with van der Waals surface area (Å²) in [6.07, 6.45) is 5.88. The first-order valence-electron chi connectivity index (χ1n) is 10.8. The zero-order valence-corrected chi connectivity index (χ0v) is 18.6. The molecular formula is C27H27NO4. The first-order chi connectivity index (χ1) is 15.2. The molecule has 5 nitrogen and oxygen atoms in total. The van der Waals surface area contributed by atoms with Gasteiger partial charge in [-0.25, -0.2) is 4.79 Å². The molecule has 0 spiro atoms. The second kappa shape index (κ2) is 7.90. The average Bonchev–Trinajstić information content (AvgIpc) is 2.78. The zero-order valence-electron chi connectivity index (χ0n) is 18.6. The summed E-state index contributed by atoms with van der Waals surface area (Å²) in [6, 6.07) is 13.9. The molecule has 164 valence electrons. The minimum atomic E-state index is -0.933. The Morgan fingerprint density at radius 2 is 1.69 bits per heavy atom. The highest BCUT2D eigenvalue weighted by molar-refractivity contribution is 6.01. The molecule has 0 saturated heterocycles. The van der Waals surface area contributed by atoms with Gasteiger partial charge in [-0.05, 0) is 35.8 Å². The van der Waals surface area contributed by atoms with Crippen LogP contribution >= 0.6 is 0 Å². The second-order valence-electron chi connectivity index (χ2n) is 9.40. The number of carbonyl (C=O) groups is 3. The summed E-state index contributed by atoms with van der Waals surface area (Å²) in [4.78, 5) is 37.6. The van der Waals surface area contributed by atoms with Gasteiger partial charge in [0.05, 0.1) is 11.1 Å². The highest BCUT2D eigenvalue weighted by Gasteiger charge is 2.46. The van der Waals surface area contributed by atoms with Crippen molar-refractivity contribution in [2.24, 2.45) is 10.8 Å². The first-order valence-corrected chi connectivity index (χ1v) is 10.8. The van der Waals surface area contributed by atoms with Crippen LogP contribution < -0.4 is 0 Å². The number of benzene rings is 2. The minimum absolute atomic E-state index is 0.124. The van der Waals surface area contributed by atoms with Gasteiger partial charge in [-0.1, -0.05) is 68.8 Å². The van der Waals surface area contributed by atoms with E-state index in [1.807, 2.05) is 17.0 Å². The Labute approximate surface area is 188 Å². The van der Waals surface area contributed by atoms with Gasteiger partial charge in [-0.3, -0.25) is 9.59 Å². The molecule has 0 aromatic heterocycles. The van der Waals surface area contributed by atoms with Gasteiger partial charge in [0, 0.05) is 29.5 Å². The summed E-state index contributed by atoms with van der Waals surface area (Å²) < 4.78 is 0. The highest BCUT2D eigenvalue weighted by atomic mass is 16.4. The van der Waals surface area contributed by atoms with Crippen molar-refractivity contribution in [2.75, 3.05) is 13.1 Å². The van der Waals surface area contributed by atoms with Crippen molar-refractivity contribution in [1.29, 1.82) is 0 Å². The second-order valence-corrected chi connectivity index (χ2v) is 9.40. The van der Waals surface area contributed by atoms with Crippen LogP contribution in [0.5, 0.6) is 0 Å². The zero-order chi connectivity index (χ0) is 23.1. The molecular weight excluding hydrogens is 402 g/mol. The van der Waals surface area contributed by atoms with E-state index in [1.165, 1.54) is 11.1 Å². The van der Waals surface area contributed by atoms with E-state index in [-0.39, 0.29) is 22.3 Å². The molecule has 1 aliphatic carbocycles. The van der Waals surface area contributed by atoms with Crippen molar-refractivity contribution in [3.63, 3.8) is 0 Å². The fourth-order valence-corrected chi connectivity index (χ4v) is 5.32. The van der Waals surface area contributed by atoms with Crippen LogP contribution in [-0.2, 0) is 0 Å². The van der Waals surface area contributed by atoms with Crippen LogP contribution in [0.25, 0.3) is 5.57 Å². The maximum atomic E-state index is 13.2. The van der Waals surface area contributed by atoms with E-state index in [9.17, 15) is 19.5 Å². The van der Waals surface area contributed by atoms with Crippen molar-refractivity contribution >= 4 is 23.7 Å². The van der Waals surface area contributed by atoms with Gasteiger partial charge in [-0.2, -0.15) is 0 Å². The van der Waals surface area contributed by atoms with Gasteiger partial charge >= 0.3 is 5.97 Å². The molecule has 2 aromatic carbocycles. The summed E-state index contributed by atoms with van der Waals surface area (Å²) in [5.74, 6) is -1.06. The lowest BCUT2D eigenvalue weighted by Gasteiger charge is -2.50. The lowest BCUT2D eigenvalue weighted by atomic mass is 9.58. The molecule has 1 N–H and O–H groups in total. The molecule has 4 rings (SSSR count). The number of allylic oxidation sites excluding steroid dienone is 2. The fraction of sp³-hybridized carbons (Fsp3) is 0.296. The summed E-state index contributed by atoms with van der Waals surface area (Å²) in [6.45, 7) is 7.63. The molecule has 0 bridgehead atoms. The van der Waals surface area contributed by atoms with Crippen LogP contribution in [0.2, 0.25) is 0 Å². The molecule has 1 amide bonds. The monoisotopic (exact) mass is 429 g/mol. The van der Waals surface area contributed by atoms with Crippen LogP contribution in [-0.4, -0.2) is 41.3 Å². The number of carboxylic acids is 1. The lowest BCUT2D eigenvalue weighted by Crippen LogP contribution is -2.48. The Morgan fingerprint density at radius 3 is 2.34 bits per heavy atom. The molecule has 1 heterocycles. The van der Waals surface area contributed by atoms with E-state index < -0.39 is 5.97 Å². The molecule has 0 saturated carbocycles. The summed E-state index contributed by atoms with van der Waals surface area (Å²) in [5, 5.41) is 9.19. The average molecular weight is 430 g/mol. The Bertz CT molecular complexity index is 1160. The Kier molecular flexibility index (Phi) is 5.37. The van der Waals surface area contributed by atoms with E-state index in [2.05, 4.69) is 32.9 Å². The molecule has 1 aliphatic heterocycles. The van der Waals surface area contributed by atoms with Crippen LogP contribution in [0.1, 0.15) is 63.8 Å². The predicted molar refractivity (Wildman–Crippen MR) is 124 cm³/mol. The van der Waals surface area contributed by atoms with Gasteiger partial charge in [-0.15, -0.1) is 0 Å². The predicted octanol–water partition coefficient (Wildman–Crippen LogP) is 5.10. The molecule has 1 atom stereocenters. The molecule has 32 heavy (non-hydrogen) atoms. The van der Waals surface area contributed by atoms with E-state index in [4.69, 9.17) is 0 Å². The smallest absolute Gasteiger partial charge is 0.335 e. The number of carbonyl (C=O) groups excluding carboxylic acids is 2. The number of hydrogen-bond donors (Lipinski definition) is 1. The van der Waals surface area contributed by atoms with Crippen molar-refractivity contribution in [2.45, 2.75) is 27.2 Å². The Hall–Kier alpha value is -3.47. The van der Waals surface area contributed by atoms with Crippen molar-refractivity contribution < 1.29 is 19.5 Å². The van der Waals surface area contributed by atoms with Crippen molar-refractivity contribution in [3.05, 3.63) is 88.5 Å². The quantitative estimate of drug-likeness (QED) is 0.542. The molecule has 2 aliphatic rings. The standard InChI is InChI=1S/C27H27NO4/c1-26(2)22(18-8-10-19(11-9-18)25(31)32)12-14-27(3)17-28(15-13-23(26)27)24(30)21-7-5-4-6-20(21)16-29/h4-13,16H,14-15,17H2,1-3H3,(H,31,32)/t27-/m1/s1. The molecule has 0 fully saturated rings. The molecule has 0 radical (unpaired) electrons. The summed E-state index contributed by atoms with van der Waals surface area (Å²) in [5.41, 5.74) is 4.13. The van der Waals surface area contributed by atoms with Crippen LogP contribution in [0.4, 0.5) is 0 Å². The third kappa shape index (κ3) is 3.58. The minimum Gasteiger partial charge on any atom is -0.478 e. The van der Waals surface area contributed by atoms with E-state index in [0.29, 0.717) is 24.2 Å². The van der Waals surface area contributed by atoms with Gasteiger partial charge < -0.3 is 10.0 Å². The fourth-order valence-electron chi connectivity index (χ4n) is 5.32. The molecule has 2 aromatic rings.